The van der Waals surface area contributed by atoms with Crippen LogP contribution < -0.4 is 0 Å². The summed E-state index contributed by atoms with van der Waals surface area (Å²) < 4.78 is 11.2. The van der Waals surface area contributed by atoms with Crippen LogP contribution in [-0.2, 0) is 19.1 Å². The lowest BCUT2D eigenvalue weighted by atomic mass is 9.62. The smallest absolute Gasteiger partial charge is 0.327 e. The molecule has 2 unspecified atom stereocenters. The summed E-state index contributed by atoms with van der Waals surface area (Å²) in [7, 11) is 0. The van der Waals surface area contributed by atoms with Gasteiger partial charge in [0.15, 0.2) is 5.41 Å². The summed E-state index contributed by atoms with van der Waals surface area (Å²) in [5, 5.41) is 10.4. The molecule has 0 aliphatic heterocycles. The van der Waals surface area contributed by atoms with Gasteiger partial charge in [0, 0.05) is 0 Å². The largest absolute Gasteiger partial charge is 0.465 e. The molecule has 0 radical (unpaired) electrons. The molecule has 5 nitrogen and oxygen atoms in total. The summed E-state index contributed by atoms with van der Waals surface area (Å²) in [6, 6.07) is 2.36. The predicted octanol–water partition coefficient (Wildman–Crippen LogP) is 5.18. The monoisotopic (exact) mass is 391 g/mol. The second-order valence-electron chi connectivity index (χ2n) is 8.49. The van der Waals surface area contributed by atoms with E-state index >= 15 is 0 Å². The lowest BCUT2D eigenvalue weighted by Crippen LogP contribution is -2.50. The Kier molecular flexibility index (Phi) is 9.28. The molecule has 2 atom stereocenters. The minimum atomic E-state index is -1.40. The van der Waals surface area contributed by atoms with Gasteiger partial charge < -0.3 is 9.47 Å². The van der Waals surface area contributed by atoms with Gasteiger partial charge in [-0.05, 0) is 50.4 Å². The molecule has 0 aromatic carbocycles. The molecule has 0 N–H and O–H groups in total. The summed E-state index contributed by atoms with van der Waals surface area (Å²) in [6.45, 7) is 4.75. The van der Waals surface area contributed by atoms with Gasteiger partial charge in [-0.15, -0.1) is 0 Å². The highest BCUT2D eigenvalue weighted by Crippen LogP contribution is 2.51. The molecule has 0 bridgehead atoms. The number of rotatable bonds is 11. The first-order valence-electron chi connectivity index (χ1n) is 11.4. The molecule has 5 heteroatoms. The number of carbonyl (C=O) groups is 2. The van der Waals surface area contributed by atoms with Gasteiger partial charge in [-0.3, -0.25) is 9.59 Å². The van der Waals surface area contributed by atoms with Crippen molar-refractivity contribution < 1.29 is 19.1 Å². The van der Waals surface area contributed by atoms with Crippen LogP contribution in [0.1, 0.15) is 90.9 Å². The normalized spacial score (nSPS) is 21.0. The lowest BCUT2D eigenvalue weighted by molar-refractivity contribution is -0.172. The molecule has 2 aliphatic carbocycles. The fraction of sp³-hybridized carbons (Fsp3) is 0.870. The van der Waals surface area contributed by atoms with E-state index < -0.39 is 17.3 Å². The van der Waals surface area contributed by atoms with Crippen LogP contribution in [0.4, 0.5) is 0 Å². The highest BCUT2D eigenvalue weighted by atomic mass is 16.5. The van der Waals surface area contributed by atoms with Gasteiger partial charge >= 0.3 is 11.9 Å². The average molecular weight is 392 g/mol. The van der Waals surface area contributed by atoms with E-state index in [1.807, 2.05) is 13.8 Å². The predicted molar refractivity (Wildman–Crippen MR) is 107 cm³/mol. The van der Waals surface area contributed by atoms with Crippen LogP contribution in [0, 0.1) is 34.5 Å². The minimum Gasteiger partial charge on any atom is -0.465 e. The van der Waals surface area contributed by atoms with Gasteiger partial charge in [0.25, 0.3) is 0 Å². The maximum absolute atomic E-state index is 13.3. The summed E-state index contributed by atoms with van der Waals surface area (Å²) in [4.78, 5) is 26.6. The molecule has 0 spiro atoms. The fourth-order valence-electron chi connectivity index (χ4n) is 5.01. The van der Waals surface area contributed by atoms with Gasteiger partial charge in [-0.25, -0.2) is 0 Å². The minimum absolute atomic E-state index is 0.0353. The van der Waals surface area contributed by atoms with Crippen molar-refractivity contribution in [1.29, 1.82) is 5.26 Å². The standard InChI is InChI=1S/C23H37NO4/c1-3-5-15-27-21(25)20(18-11-7-8-12-18)23(17-24,19-13-9-10-14-19)22(26)28-16-6-4-2/h18-20H,3-16H2,1-2H3. The Balaban J connectivity index is 2.36. The molecule has 2 fully saturated rings. The van der Waals surface area contributed by atoms with E-state index in [1.165, 1.54) is 0 Å². The molecule has 0 heterocycles. The molecule has 2 rings (SSSR count). The number of nitrogens with zero attached hydrogens (tertiary/aromatic N) is 1. The Bertz CT molecular complexity index is 543. The van der Waals surface area contributed by atoms with Crippen molar-refractivity contribution in [2.24, 2.45) is 23.2 Å². The maximum atomic E-state index is 13.3. The summed E-state index contributed by atoms with van der Waals surface area (Å²) >= 11 is 0. The first kappa shape index (κ1) is 22.7. The Morgan fingerprint density at radius 1 is 0.964 bits per heavy atom. The van der Waals surface area contributed by atoms with E-state index in [-0.39, 0.29) is 17.8 Å². The van der Waals surface area contributed by atoms with E-state index in [9.17, 15) is 14.9 Å². The first-order chi connectivity index (χ1) is 13.6. The van der Waals surface area contributed by atoms with E-state index in [0.29, 0.717) is 13.2 Å². The van der Waals surface area contributed by atoms with Gasteiger partial charge in [0.2, 0.25) is 0 Å². The Labute approximate surface area is 170 Å². The van der Waals surface area contributed by atoms with E-state index in [2.05, 4.69) is 6.07 Å². The molecular weight excluding hydrogens is 354 g/mol. The van der Waals surface area contributed by atoms with Crippen molar-refractivity contribution in [2.45, 2.75) is 90.9 Å². The number of hydrogen-bond donors (Lipinski definition) is 0. The van der Waals surface area contributed by atoms with E-state index in [1.54, 1.807) is 0 Å². The van der Waals surface area contributed by atoms with Crippen LogP contribution in [0.15, 0.2) is 0 Å². The number of hydrogen-bond acceptors (Lipinski definition) is 5. The van der Waals surface area contributed by atoms with Crippen LogP contribution in [0.3, 0.4) is 0 Å². The number of ether oxygens (including phenoxy) is 2. The number of nitriles is 1. The van der Waals surface area contributed by atoms with Crippen molar-refractivity contribution in [2.75, 3.05) is 13.2 Å². The SMILES string of the molecule is CCCCOC(=O)C(C1CCCC1)C(C#N)(C(=O)OCCCC)C1CCCC1. The Hall–Kier alpha value is -1.57. The zero-order chi connectivity index (χ0) is 20.4. The molecule has 0 aromatic rings. The summed E-state index contributed by atoms with van der Waals surface area (Å²) in [5.74, 6) is -1.63. The summed E-state index contributed by atoms with van der Waals surface area (Å²) in [6.07, 6.45) is 10.9. The van der Waals surface area contributed by atoms with Crippen molar-refractivity contribution in [1.82, 2.24) is 0 Å². The zero-order valence-corrected chi connectivity index (χ0v) is 17.7. The van der Waals surface area contributed by atoms with Crippen molar-refractivity contribution in [3.05, 3.63) is 0 Å². The molecule has 0 saturated heterocycles. The third kappa shape index (κ3) is 5.07. The molecule has 28 heavy (non-hydrogen) atoms. The van der Waals surface area contributed by atoms with Gasteiger partial charge in [0.05, 0.1) is 25.2 Å². The van der Waals surface area contributed by atoms with Crippen molar-refractivity contribution in [3.63, 3.8) is 0 Å². The zero-order valence-electron chi connectivity index (χ0n) is 17.7. The topological polar surface area (TPSA) is 76.4 Å². The average Bonchev–Trinajstić information content (AvgIpc) is 3.40. The van der Waals surface area contributed by atoms with Gasteiger partial charge in [-0.1, -0.05) is 52.4 Å². The molecule has 2 aliphatic rings. The molecule has 158 valence electrons. The number of carbonyl (C=O) groups excluding carboxylic acids is 2. The van der Waals surface area contributed by atoms with Gasteiger partial charge in [0.1, 0.15) is 0 Å². The van der Waals surface area contributed by atoms with Gasteiger partial charge in [-0.2, -0.15) is 5.26 Å². The van der Waals surface area contributed by atoms with E-state index in [0.717, 1.165) is 77.0 Å². The van der Waals surface area contributed by atoms with Crippen molar-refractivity contribution in [3.8, 4) is 6.07 Å². The fourth-order valence-corrected chi connectivity index (χ4v) is 5.01. The van der Waals surface area contributed by atoms with Crippen LogP contribution >= 0.6 is 0 Å². The molecule has 2 saturated carbocycles. The first-order valence-corrected chi connectivity index (χ1v) is 11.4. The second-order valence-corrected chi connectivity index (χ2v) is 8.49. The molecule has 0 aromatic heterocycles. The van der Waals surface area contributed by atoms with Crippen LogP contribution in [0.5, 0.6) is 0 Å². The number of esters is 2. The van der Waals surface area contributed by atoms with Crippen LogP contribution in [0.2, 0.25) is 0 Å². The lowest BCUT2D eigenvalue weighted by Gasteiger charge is -2.39. The highest BCUT2D eigenvalue weighted by molar-refractivity contribution is 5.88. The maximum Gasteiger partial charge on any atom is 0.327 e. The molecular formula is C23H37NO4. The van der Waals surface area contributed by atoms with Crippen molar-refractivity contribution >= 4 is 11.9 Å². The van der Waals surface area contributed by atoms with E-state index in [4.69, 9.17) is 9.47 Å². The third-order valence-corrected chi connectivity index (χ3v) is 6.61. The quantitative estimate of drug-likeness (QED) is 0.358. The number of unbranched alkanes of at least 4 members (excludes halogenated alkanes) is 2. The van der Waals surface area contributed by atoms with Crippen LogP contribution in [-0.4, -0.2) is 25.2 Å². The molecule has 0 amide bonds. The highest BCUT2D eigenvalue weighted by Gasteiger charge is 2.59. The second kappa shape index (κ2) is 11.4. The Morgan fingerprint density at radius 3 is 2.04 bits per heavy atom. The van der Waals surface area contributed by atoms with Crippen LogP contribution in [0.25, 0.3) is 0 Å². The summed E-state index contributed by atoms with van der Waals surface area (Å²) in [5.41, 5.74) is -1.40. The Morgan fingerprint density at radius 2 is 1.50 bits per heavy atom. The third-order valence-electron chi connectivity index (χ3n) is 6.61.